The van der Waals surface area contributed by atoms with E-state index in [2.05, 4.69) is 18.5 Å². The van der Waals surface area contributed by atoms with E-state index in [1.165, 1.54) is 39.9 Å². The number of nitrogens with zero attached hydrogens (tertiary/aromatic N) is 3. The molecule has 1 fully saturated rings. The first-order valence-corrected chi connectivity index (χ1v) is 13.6. The largest absolute Gasteiger partial charge is 0.493 e. The van der Waals surface area contributed by atoms with Gasteiger partial charge in [0.25, 0.3) is 5.91 Å². The minimum atomic E-state index is -3.59. The highest BCUT2D eigenvalue weighted by atomic mass is 32.2. The van der Waals surface area contributed by atoms with Gasteiger partial charge in [-0.2, -0.15) is 9.30 Å². The monoisotopic (exact) mass is 515 g/mol. The lowest BCUT2D eigenvalue weighted by Crippen LogP contribution is -2.39. The molecular formula is C25H29N3O5S2. The van der Waals surface area contributed by atoms with Crippen LogP contribution in [0.5, 0.6) is 11.5 Å². The van der Waals surface area contributed by atoms with Crippen LogP contribution in [0.15, 0.2) is 58.9 Å². The van der Waals surface area contributed by atoms with Crippen LogP contribution < -0.4 is 14.3 Å². The van der Waals surface area contributed by atoms with Crippen LogP contribution in [0.3, 0.4) is 0 Å². The molecule has 4 rings (SSSR count). The van der Waals surface area contributed by atoms with Gasteiger partial charge in [-0.1, -0.05) is 24.3 Å². The number of fused-ring (bicyclic) bond motifs is 1. The predicted molar refractivity (Wildman–Crippen MR) is 137 cm³/mol. The molecule has 10 heteroatoms. The normalized spacial score (nSPS) is 17.5. The van der Waals surface area contributed by atoms with Crippen molar-refractivity contribution in [2.45, 2.75) is 31.2 Å². The Morgan fingerprint density at radius 3 is 2.51 bits per heavy atom. The Kier molecular flexibility index (Phi) is 7.44. The number of methoxy groups -OCH3 is 2. The lowest BCUT2D eigenvalue weighted by atomic mass is 10.0. The maximum atomic E-state index is 13.0. The van der Waals surface area contributed by atoms with Gasteiger partial charge in [-0.15, -0.1) is 6.58 Å². The molecule has 186 valence electrons. The topological polar surface area (TPSA) is 90.2 Å². The number of aromatic nitrogens is 1. The molecule has 0 saturated carbocycles. The molecule has 1 aliphatic heterocycles. The highest BCUT2D eigenvalue weighted by molar-refractivity contribution is 7.89. The molecule has 2 aromatic carbocycles. The highest BCUT2D eigenvalue weighted by Crippen LogP contribution is 2.33. The molecule has 1 aliphatic rings. The molecule has 8 nitrogen and oxygen atoms in total. The molecule has 0 N–H and O–H groups in total. The molecule has 1 amide bonds. The summed E-state index contributed by atoms with van der Waals surface area (Å²) in [5, 5.41) is 0. The van der Waals surface area contributed by atoms with Crippen molar-refractivity contribution in [3.8, 4) is 11.5 Å². The number of hydrogen-bond acceptors (Lipinski definition) is 6. The summed E-state index contributed by atoms with van der Waals surface area (Å²) in [6.07, 6.45) is 3.62. The number of amides is 1. The minimum absolute atomic E-state index is 0.186. The summed E-state index contributed by atoms with van der Waals surface area (Å²) in [7, 11) is -0.449. The highest BCUT2D eigenvalue weighted by Gasteiger charge is 2.28. The number of carbonyl (C=O) groups excluding carboxylic acids is 1. The first kappa shape index (κ1) is 25.2. The molecule has 1 saturated heterocycles. The summed E-state index contributed by atoms with van der Waals surface area (Å²) in [6.45, 7) is 7.36. The second kappa shape index (κ2) is 10.3. The number of rotatable bonds is 7. The molecule has 0 bridgehead atoms. The van der Waals surface area contributed by atoms with E-state index in [4.69, 9.17) is 9.47 Å². The van der Waals surface area contributed by atoms with Gasteiger partial charge in [0.1, 0.15) is 0 Å². The van der Waals surface area contributed by atoms with Crippen molar-refractivity contribution in [1.29, 1.82) is 0 Å². The molecule has 0 spiro atoms. The summed E-state index contributed by atoms with van der Waals surface area (Å²) in [5.74, 6) is 1.05. The van der Waals surface area contributed by atoms with Crippen molar-refractivity contribution >= 4 is 37.5 Å². The van der Waals surface area contributed by atoms with Gasteiger partial charge in [-0.25, -0.2) is 8.42 Å². The zero-order valence-electron chi connectivity index (χ0n) is 20.1. The molecule has 3 aromatic rings. The van der Waals surface area contributed by atoms with Gasteiger partial charge in [0.2, 0.25) is 10.0 Å². The number of sulfonamides is 1. The van der Waals surface area contributed by atoms with Crippen LogP contribution in [-0.4, -0.2) is 50.5 Å². The van der Waals surface area contributed by atoms with Crippen LogP contribution in [0.2, 0.25) is 0 Å². The Morgan fingerprint density at radius 1 is 1.20 bits per heavy atom. The van der Waals surface area contributed by atoms with E-state index in [-0.39, 0.29) is 4.90 Å². The molecule has 2 heterocycles. The minimum Gasteiger partial charge on any atom is -0.493 e. The average Bonchev–Trinajstić information content (AvgIpc) is 3.19. The third-order valence-electron chi connectivity index (χ3n) is 6.06. The third-order valence-corrected chi connectivity index (χ3v) is 8.98. The van der Waals surface area contributed by atoms with Crippen LogP contribution in [0.1, 0.15) is 30.1 Å². The van der Waals surface area contributed by atoms with E-state index in [1.807, 2.05) is 16.7 Å². The summed E-state index contributed by atoms with van der Waals surface area (Å²) in [4.78, 5) is 18.0. The lowest BCUT2D eigenvalue weighted by Gasteiger charge is -2.30. The van der Waals surface area contributed by atoms with Crippen molar-refractivity contribution in [3.63, 3.8) is 0 Å². The SMILES string of the molecule is C=CCn1c(=NC(=O)c2ccc(S(=O)(=O)N3CCCC(C)C3)cc2)sc2cc(OC)c(OC)cc21. The molecular weight excluding hydrogens is 486 g/mol. The van der Waals surface area contributed by atoms with E-state index in [0.29, 0.717) is 47.4 Å². The van der Waals surface area contributed by atoms with Gasteiger partial charge < -0.3 is 14.0 Å². The van der Waals surface area contributed by atoms with Crippen LogP contribution in [0.4, 0.5) is 0 Å². The second-order valence-electron chi connectivity index (χ2n) is 8.51. The maximum absolute atomic E-state index is 13.0. The van der Waals surface area contributed by atoms with E-state index >= 15 is 0 Å². The number of benzene rings is 2. The zero-order chi connectivity index (χ0) is 25.2. The quantitative estimate of drug-likeness (QED) is 0.443. The van der Waals surface area contributed by atoms with Crippen LogP contribution in [0, 0.1) is 5.92 Å². The van der Waals surface area contributed by atoms with E-state index < -0.39 is 15.9 Å². The number of carbonyl (C=O) groups is 1. The number of piperidine rings is 1. The fourth-order valence-corrected chi connectivity index (χ4v) is 6.87. The Hall–Kier alpha value is -2.95. The molecule has 1 unspecified atom stereocenters. The van der Waals surface area contributed by atoms with Gasteiger partial charge in [0.15, 0.2) is 16.3 Å². The van der Waals surface area contributed by atoms with Crippen molar-refractivity contribution in [2.75, 3.05) is 27.3 Å². The van der Waals surface area contributed by atoms with Crippen LogP contribution >= 0.6 is 11.3 Å². The molecule has 35 heavy (non-hydrogen) atoms. The predicted octanol–water partition coefficient (Wildman–Crippen LogP) is 4.07. The second-order valence-corrected chi connectivity index (χ2v) is 11.5. The van der Waals surface area contributed by atoms with Crippen LogP contribution in [0.25, 0.3) is 10.2 Å². The fraction of sp³-hybridized carbons (Fsp3) is 0.360. The fourth-order valence-electron chi connectivity index (χ4n) is 4.22. The van der Waals surface area contributed by atoms with E-state index in [1.54, 1.807) is 20.3 Å². The van der Waals surface area contributed by atoms with E-state index in [9.17, 15) is 13.2 Å². The van der Waals surface area contributed by atoms with Gasteiger partial charge in [0, 0.05) is 37.3 Å². The Bertz CT molecular complexity index is 1420. The summed E-state index contributed by atoms with van der Waals surface area (Å²) in [6, 6.07) is 9.69. The Morgan fingerprint density at radius 2 is 1.89 bits per heavy atom. The third kappa shape index (κ3) is 5.05. The molecule has 1 aromatic heterocycles. The van der Waals surface area contributed by atoms with Gasteiger partial charge in [0.05, 0.1) is 29.3 Å². The van der Waals surface area contributed by atoms with E-state index in [0.717, 1.165) is 23.1 Å². The van der Waals surface area contributed by atoms with Crippen molar-refractivity contribution in [2.24, 2.45) is 10.9 Å². The summed E-state index contributed by atoms with van der Waals surface area (Å²) >= 11 is 1.35. The number of hydrogen-bond donors (Lipinski definition) is 0. The standard InChI is InChI=1S/C25H29N3O5S2/c1-5-12-28-20-14-21(32-3)22(33-4)15-23(20)34-25(28)26-24(29)18-8-10-19(11-9-18)35(30,31)27-13-6-7-17(2)16-27/h5,8-11,14-15,17H,1,6-7,12-13,16H2,2-4H3. The first-order valence-electron chi connectivity index (χ1n) is 11.3. The summed E-state index contributed by atoms with van der Waals surface area (Å²) in [5.41, 5.74) is 1.16. The van der Waals surface area contributed by atoms with Crippen molar-refractivity contribution < 1.29 is 22.7 Å². The smallest absolute Gasteiger partial charge is 0.279 e. The van der Waals surface area contributed by atoms with Gasteiger partial charge in [-0.3, -0.25) is 4.79 Å². The lowest BCUT2D eigenvalue weighted by molar-refractivity contribution is 0.0997. The van der Waals surface area contributed by atoms with Gasteiger partial charge in [-0.05, 0) is 43.0 Å². The average molecular weight is 516 g/mol. The van der Waals surface area contributed by atoms with Crippen molar-refractivity contribution in [1.82, 2.24) is 8.87 Å². The van der Waals surface area contributed by atoms with Crippen molar-refractivity contribution in [3.05, 3.63) is 59.4 Å². The van der Waals surface area contributed by atoms with Crippen LogP contribution in [-0.2, 0) is 16.6 Å². The maximum Gasteiger partial charge on any atom is 0.279 e. The Balaban J connectivity index is 1.67. The summed E-state index contributed by atoms with van der Waals surface area (Å²) < 4.78 is 41.1. The number of allylic oxidation sites excluding steroid dienone is 1. The number of ether oxygens (including phenoxy) is 2. The molecule has 1 atom stereocenters. The number of thiazole rings is 1. The Labute approximate surface area is 209 Å². The first-order chi connectivity index (χ1) is 16.8. The zero-order valence-corrected chi connectivity index (χ0v) is 21.7. The molecule has 0 radical (unpaired) electrons. The molecule has 0 aliphatic carbocycles. The van der Waals surface area contributed by atoms with Gasteiger partial charge >= 0.3 is 0 Å².